The van der Waals surface area contributed by atoms with Gasteiger partial charge in [-0.2, -0.15) is 5.26 Å². The SMILES string of the molecule is Cc1oc(-n2cccc2)c(C#N)c1C(=O)NCC(c1ccccc1)N1CCCC1. The van der Waals surface area contributed by atoms with Gasteiger partial charge in [0.15, 0.2) is 0 Å². The van der Waals surface area contributed by atoms with Crippen LogP contribution in [0.15, 0.2) is 59.3 Å². The fourth-order valence-corrected chi connectivity index (χ4v) is 4.02. The molecular formula is C23H24N4O2. The van der Waals surface area contributed by atoms with Gasteiger partial charge in [0.25, 0.3) is 5.91 Å². The number of furan rings is 1. The van der Waals surface area contributed by atoms with Crippen LogP contribution in [0.1, 0.15) is 46.1 Å². The van der Waals surface area contributed by atoms with Crippen LogP contribution in [0, 0.1) is 18.3 Å². The van der Waals surface area contributed by atoms with Gasteiger partial charge in [-0.15, -0.1) is 0 Å². The average molecular weight is 388 g/mol. The number of benzene rings is 1. The molecule has 148 valence electrons. The molecule has 1 N–H and O–H groups in total. The molecule has 1 aliphatic rings. The number of nitriles is 1. The maximum atomic E-state index is 13.0. The van der Waals surface area contributed by atoms with Crippen LogP contribution in [-0.2, 0) is 0 Å². The van der Waals surface area contributed by atoms with Crippen molar-refractivity contribution in [3.8, 4) is 12.0 Å². The molecule has 3 heterocycles. The molecule has 1 fully saturated rings. The molecule has 0 saturated carbocycles. The molecule has 6 nitrogen and oxygen atoms in total. The molecule has 2 aromatic heterocycles. The second-order valence-electron chi connectivity index (χ2n) is 7.30. The van der Waals surface area contributed by atoms with Crippen LogP contribution in [-0.4, -0.2) is 35.0 Å². The molecule has 3 aromatic rings. The lowest BCUT2D eigenvalue weighted by Gasteiger charge is -2.28. The summed E-state index contributed by atoms with van der Waals surface area (Å²) in [5.41, 5.74) is 1.75. The van der Waals surface area contributed by atoms with E-state index in [0.717, 1.165) is 13.1 Å². The van der Waals surface area contributed by atoms with Crippen LogP contribution >= 0.6 is 0 Å². The Hall–Kier alpha value is -3.30. The van der Waals surface area contributed by atoms with E-state index in [4.69, 9.17) is 4.42 Å². The van der Waals surface area contributed by atoms with Gasteiger partial charge in [-0.3, -0.25) is 14.3 Å². The summed E-state index contributed by atoms with van der Waals surface area (Å²) in [6.07, 6.45) is 5.94. The van der Waals surface area contributed by atoms with Gasteiger partial charge in [-0.05, 0) is 50.6 Å². The van der Waals surface area contributed by atoms with Crippen molar-refractivity contribution in [2.24, 2.45) is 0 Å². The Morgan fingerprint density at radius 1 is 1.17 bits per heavy atom. The van der Waals surface area contributed by atoms with Gasteiger partial charge in [0.05, 0.1) is 6.04 Å². The average Bonchev–Trinajstić information content (AvgIpc) is 3.49. The number of aromatic nitrogens is 1. The van der Waals surface area contributed by atoms with E-state index < -0.39 is 0 Å². The highest BCUT2D eigenvalue weighted by Crippen LogP contribution is 2.27. The summed E-state index contributed by atoms with van der Waals surface area (Å²) in [5.74, 6) is 0.542. The summed E-state index contributed by atoms with van der Waals surface area (Å²) in [4.78, 5) is 15.4. The van der Waals surface area contributed by atoms with E-state index in [1.807, 2.05) is 30.3 Å². The number of hydrogen-bond acceptors (Lipinski definition) is 4. The summed E-state index contributed by atoms with van der Waals surface area (Å²) in [5, 5.41) is 12.7. The van der Waals surface area contributed by atoms with Crippen LogP contribution < -0.4 is 5.32 Å². The Morgan fingerprint density at radius 3 is 2.52 bits per heavy atom. The number of aryl methyl sites for hydroxylation is 1. The van der Waals surface area contributed by atoms with Crippen molar-refractivity contribution >= 4 is 5.91 Å². The predicted molar refractivity (Wildman–Crippen MR) is 110 cm³/mol. The molecule has 0 radical (unpaired) electrons. The number of rotatable bonds is 6. The number of hydrogen-bond donors (Lipinski definition) is 1. The van der Waals surface area contributed by atoms with Crippen molar-refractivity contribution in [3.63, 3.8) is 0 Å². The lowest BCUT2D eigenvalue weighted by atomic mass is 10.0. The summed E-state index contributed by atoms with van der Waals surface area (Å²) >= 11 is 0. The number of nitrogens with one attached hydrogen (secondary N) is 1. The number of carbonyl (C=O) groups is 1. The molecular weight excluding hydrogens is 364 g/mol. The van der Waals surface area contributed by atoms with Gasteiger partial charge >= 0.3 is 0 Å². The van der Waals surface area contributed by atoms with E-state index in [-0.39, 0.29) is 17.5 Å². The second-order valence-corrected chi connectivity index (χ2v) is 7.30. The molecule has 6 heteroatoms. The van der Waals surface area contributed by atoms with Crippen molar-refractivity contribution in [1.82, 2.24) is 14.8 Å². The van der Waals surface area contributed by atoms with Gasteiger partial charge in [-0.25, -0.2) is 0 Å². The lowest BCUT2D eigenvalue weighted by molar-refractivity contribution is 0.0936. The molecule has 1 aliphatic heterocycles. The highest BCUT2D eigenvalue weighted by atomic mass is 16.4. The maximum Gasteiger partial charge on any atom is 0.256 e. The standard InChI is InChI=1S/C23H24N4O2/c1-17-21(19(15-24)23(29-17)27-13-7-8-14-27)22(28)25-16-20(26-11-5-6-12-26)18-9-3-2-4-10-18/h2-4,7-10,13-14,20H,5-6,11-12,16H2,1H3,(H,25,28). The van der Waals surface area contributed by atoms with Crippen molar-refractivity contribution in [1.29, 1.82) is 5.26 Å². The third kappa shape index (κ3) is 3.82. The molecule has 1 atom stereocenters. The smallest absolute Gasteiger partial charge is 0.256 e. The minimum absolute atomic E-state index is 0.115. The fourth-order valence-electron chi connectivity index (χ4n) is 4.02. The maximum absolute atomic E-state index is 13.0. The van der Waals surface area contributed by atoms with Crippen LogP contribution in [0.3, 0.4) is 0 Å². The van der Waals surface area contributed by atoms with Crippen LogP contribution in [0.25, 0.3) is 5.88 Å². The fraction of sp³-hybridized carbons (Fsp3) is 0.304. The van der Waals surface area contributed by atoms with Gasteiger partial charge in [-0.1, -0.05) is 30.3 Å². The zero-order valence-electron chi connectivity index (χ0n) is 16.5. The largest absolute Gasteiger partial charge is 0.443 e. The van der Waals surface area contributed by atoms with E-state index in [1.54, 1.807) is 23.9 Å². The first-order valence-electron chi connectivity index (χ1n) is 9.93. The summed E-state index contributed by atoms with van der Waals surface area (Å²) in [7, 11) is 0. The minimum Gasteiger partial charge on any atom is -0.443 e. The van der Waals surface area contributed by atoms with Crippen molar-refractivity contribution < 1.29 is 9.21 Å². The third-order valence-electron chi connectivity index (χ3n) is 5.47. The zero-order chi connectivity index (χ0) is 20.2. The molecule has 29 heavy (non-hydrogen) atoms. The summed E-state index contributed by atoms with van der Waals surface area (Å²) in [6, 6.07) is 16.2. The first-order chi connectivity index (χ1) is 14.2. The molecule has 1 amide bonds. The minimum atomic E-state index is -0.277. The first kappa shape index (κ1) is 19.0. The van der Waals surface area contributed by atoms with E-state index in [0.29, 0.717) is 23.8 Å². The van der Waals surface area contributed by atoms with Gasteiger partial charge in [0.1, 0.15) is 23.0 Å². The monoisotopic (exact) mass is 388 g/mol. The lowest BCUT2D eigenvalue weighted by Crippen LogP contribution is -2.37. The Kier molecular flexibility index (Phi) is 5.50. The molecule has 1 saturated heterocycles. The highest BCUT2D eigenvalue weighted by Gasteiger charge is 2.27. The van der Waals surface area contributed by atoms with E-state index >= 15 is 0 Å². The van der Waals surface area contributed by atoms with E-state index in [1.165, 1.54) is 18.4 Å². The van der Waals surface area contributed by atoms with E-state index in [9.17, 15) is 10.1 Å². The predicted octanol–water partition coefficient (Wildman–Crippen LogP) is 3.82. The van der Waals surface area contributed by atoms with Crippen LogP contribution in [0.5, 0.6) is 0 Å². The molecule has 4 rings (SSSR count). The van der Waals surface area contributed by atoms with Gasteiger partial charge in [0.2, 0.25) is 5.88 Å². The number of likely N-dealkylation sites (tertiary alicyclic amines) is 1. The molecule has 0 bridgehead atoms. The van der Waals surface area contributed by atoms with E-state index in [2.05, 4.69) is 28.4 Å². The van der Waals surface area contributed by atoms with Crippen molar-refractivity contribution in [3.05, 3.63) is 77.3 Å². The van der Waals surface area contributed by atoms with Crippen LogP contribution in [0.4, 0.5) is 0 Å². The highest BCUT2D eigenvalue weighted by molar-refractivity contribution is 5.98. The first-order valence-corrected chi connectivity index (χ1v) is 9.93. The quantitative estimate of drug-likeness (QED) is 0.697. The molecule has 1 aromatic carbocycles. The Morgan fingerprint density at radius 2 is 1.86 bits per heavy atom. The summed E-state index contributed by atoms with van der Waals surface area (Å²) < 4.78 is 7.47. The third-order valence-corrected chi connectivity index (χ3v) is 5.47. The molecule has 0 aliphatic carbocycles. The summed E-state index contributed by atoms with van der Waals surface area (Å²) in [6.45, 7) is 4.26. The Labute approximate surface area is 170 Å². The number of amides is 1. The number of carbonyl (C=O) groups excluding carboxylic acids is 1. The van der Waals surface area contributed by atoms with Gasteiger partial charge in [0, 0.05) is 18.9 Å². The Bertz CT molecular complexity index is 1010. The van der Waals surface area contributed by atoms with Crippen molar-refractivity contribution in [2.75, 3.05) is 19.6 Å². The van der Waals surface area contributed by atoms with Crippen LogP contribution in [0.2, 0.25) is 0 Å². The second kappa shape index (κ2) is 8.38. The topological polar surface area (TPSA) is 74.2 Å². The van der Waals surface area contributed by atoms with Crippen molar-refractivity contribution in [2.45, 2.75) is 25.8 Å². The normalized spacial score (nSPS) is 15.2. The number of nitrogens with zero attached hydrogens (tertiary/aromatic N) is 3. The van der Waals surface area contributed by atoms with Gasteiger partial charge < -0.3 is 9.73 Å². The Balaban J connectivity index is 1.57. The molecule has 1 unspecified atom stereocenters. The molecule has 0 spiro atoms. The zero-order valence-corrected chi connectivity index (χ0v) is 16.5.